The minimum Gasteiger partial charge on any atom is -0.483 e. The quantitative estimate of drug-likeness (QED) is 0.584. The van der Waals surface area contributed by atoms with E-state index in [2.05, 4.69) is 44.2 Å². The molecule has 0 bridgehead atoms. The molecule has 2 heterocycles. The lowest BCUT2D eigenvalue weighted by atomic mass is 9.81. The number of carboxylic acid groups (broad SMARTS) is 1. The van der Waals surface area contributed by atoms with Gasteiger partial charge in [-0.1, -0.05) is 18.2 Å². The largest absolute Gasteiger partial charge is 0.483 e. The van der Waals surface area contributed by atoms with Crippen molar-refractivity contribution in [1.82, 2.24) is 15.2 Å². The summed E-state index contributed by atoms with van der Waals surface area (Å²) in [7, 11) is 2.02. The molecule has 4 rings (SSSR count). The number of para-hydroxylation sites is 1. The van der Waals surface area contributed by atoms with E-state index in [0.717, 1.165) is 44.8 Å². The number of carbonyl (C=O) groups is 3. The highest BCUT2D eigenvalue weighted by Crippen LogP contribution is 2.32. The SMILES string of the molecule is CC(C)(C)OC=O.CNCC1CCC(C(=O)N2CCc3c([nH]c4ccccc34)C2)CC1.O=CO. The summed E-state index contributed by atoms with van der Waals surface area (Å²) in [6, 6.07) is 8.47. The van der Waals surface area contributed by atoms with E-state index in [0.29, 0.717) is 12.4 Å². The molecule has 188 valence electrons. The number of aromatic amines is 1. The van der Waals surface area contributed by atoms with Gasteiger partial charge in [-0.05, 0) is 84.0 Å². The molecule has 34 heavy (non-hydrogen) atoms. The van der Waals surface area contributed by atoms with Gasteiger partial charge in [0.15, 0.2) is 0 Å². The molecule has 1 aliphatic heterocycles. The number of rotatable bonds is 4. The van der Waals surface area contributed by atoms with Crippen LogP contribution in [0, 0.1) is 11.8 Å². The van der Waals surface area contributed by atoms with Gasteiger partial charge < -0.3 is 25.0 Å². The van der Waals surface area contributed by atoms with Gasteiger partial charge in [0.25, 0.3) is 12.9 Å². The molecule has 1 aromatic heterocycles. The maximum atomic E-state index is 12.9. The lowest BCUT2D eigenvalue weighted by Gasteiger charge is -2.34. The molecule has 2 aliphatic rings. The number of H-pyrrole nitrogens is 1. The molecular formula is C26H39N3O5. The zero-order valence-electron chi connectivity index (χ0n) is 20.8. The van der Waals surface area contributed by atoms with Gasteiger partial charge in [-0.25, -0.2) is 0 Å². The van der Waals surface area contributed by atoms with Crippen LogP contribution in [0.4, 0.5) is 0 Å². The maximum absolute atomic E-state index is 12.9. The van der Waals surface area contributed by atoms with E-state index in [1.54, 1.807) is 0 Å². The lowest BCUT2D eigenvalue weighted by Crippen LogP contribution is -2.41. The molecule has 8 heteroatoms. The Bertz CT molecular complexity index is 926. The molecule has 8 nitrogen and oxygen atoms in total. The van der Waals surface area contributed by atoms with Gasteiger partial charge in [0.05, 0.1) is 6.54 Å². The predicted molar refractivity (Wildman–Crippen MR) is 132 cm³/mol. The first kappa shape index (κ1) is 27.4. The number of hydrogen-bond acceptors (Lipinski definition) is 5. The van der Waals surface area contributed by atoms with Gasteiger partial charge in [-0.2, -0.15) is 0 Å². The van der Waals surface area contributed by atoms with Gasteiger partial charge in [0.1, 0.15) is 5.60 Å². The summed E-state index contributed by atoms with van der Waals surface area (Å²) in [6.07, 6.45) is 5.45. The molecule has 1 aromatic carbocycles. The zero-order chi connectivity index (χ0) is 25.1. The monoisotopic (exact) mass is 473 g/mol. The third-order valence-electron chi connectivity index (χ3n) is 6.28. The van der Waals surface area contributed by atoms with Crippen molar-refractivity contribution in [2.75, 3.05) is 20.1 Å². The van der Waals surface area contributed by atoms with Crippen molar-refractivity contribution in [3.8, 4) is 0 Å². The van der Waals surface area contributed by atoms with Crippen molar-refractivity contribution in [3.63, 3.8) is 0 Å². The third-order valence-corrected chi connectivity index (χ3v) is 6.28. The Kier molecular flexibility index (Phi) is 10.6. The van der Waals surface area contributed by atoms with E-state index < -0.39 is 0 Å². The normalized spacial score (nSPS) is 19.6. The molecule has 0 atom stereocenters. The number of aromatic nitrogens is 1. The minimum absolute atomic E-state index is 0.240. The maximum Gasteiger partial charge on any atom is 0.293 e. The Balaban J connectivity index is 0.000000348. The van der Waals surface area contributed by atoms with Crippen LogP contribution in [0.25, 0.3) is 10.9 Å². The molecule has 0 unspecified atom stereocenters. The molecule has 0 saturated heterocycles. The fourth-order valence-corrected chi connectivity index (χ4v) is 4.69. The number of nitrogens with one attached hydrogen (secondary N) is 2. The van der Waals surface area contributed by atoms with Crippen LogP contribution in [-0.2, 0) is 32.1 Å². The van der Waals surface area contributed by atoms with E-state index in [1.165, 1.54) is 35.0 Å². The first-order valence-corrected chi connectivity index (χ1v) is 11.9. The molecule has 0 spiro atoms. The van der Waals surface area contributed by atoms with E-state index >= 15 is 0 Å². The van der Waals surface area contributed by atoms with E-state index in [9.17, 15) is 9.59 Å². The standard InChI is InChI=1S/C20H27N3O.C5H10O2.CH2O2/c1-21-12-14-6-8-15(9-7-14)20(24)23-11-10-17-16-4-2-3-5-18(16)22-19(17)13-23;1-5(2,3)7-4-6;2-1-3/h2-5,14-15,21-22H,6-13H2,1H3;4H,1-3H3;1H,(H,2,3). The third kappa shape index (κ3) is 7.87. The highest BCUT2D eigenvalue weighted by Gasteiger charge is 2.31. The topological polar surface area (TPSA) is 112 Å². The van der Waals surface area contributed by atoms with Crippen LogP contribution in [0.3, 0.4) is 0 Å². The molecule has 1 aliphatic carbocycles. The fourth-order valence-electron chi connectivity index (χ4n) is 4.69. The Morgan fingerprint density at radius 1 is 1.21 bits per heavy atom. The summed E-state index contributed by atoms with van der Waals surface area (Å²) < 4.78 is 4.55. The van der Waals surface area contributed by atoms with Crippen LogP contribution in [0.5, 0.6) is 0 Å². The Morgan fingerprint density at radius 3 is 2.41 bits per heavy atom. The van der Waals surface area contributed by atoms with Crippen LogP contribution in [0.1, 0.15) is 57.7 Å². The van der Waals surface area contributed by atoms with Crippen molar-refractivity contribution < 1.29 is 24.2 Å². The van der Waals surface area contributed by atoms with Gasteiger partial charge in [0.2, 0.25) is 5.91 Å². The molecule has 3 N–H and O–H groups in total. The smallest absolute Gasteiger partial charge is 0.293 e. The second-order valence-corrected chi connectivity index (χ2v) is 9.84. The minimum atomic E-state index is -0.318. The number of nitrogens with zero attached hydrogens (tertiary/aromatic N) is 1. The van der Waals surface area contributed by atoms with Crippen molar-refractivity contribution in [2.24, 2.45) is 11.8 Å². The second-order valence-electron chi connectivity index (χ2n) is 9.84. The second kappa shape index (κ2) is 13.1. The number of fused-ring (bicyclic) bond motifs is 3. The van der Waals surface area contributed by atoms with Crippen molar-refractivity contribution in [2.45, 2.75) is 65.0 Å². The molecule has 0 radical (unpaired) electrons. The number of hydrogen-bond donors (Lipinski definition) is 3. The van der Waals surface area contributed by atoms with Crippen molar-refractivity contribution in [1.29, 1.82) is 0 Å². The zero-order valence-corrected chi connectivity index (χ0v) is 20.8. The molecule has 1 fully saturated rings. The molecule has 2 aromatic rings. The summed E-state index contributed by atoms with van der Waals surface area (Å²) in [5, 5.41) is 11.5. The molecular weight excluding hydrogens is 434 g/mol. The van der Waals surface area contributed by atoms with Gasteiger partial charge in [-0.3, -0.25) is 14.4 Å². The van der Waals surface area contributed by atoms with Crippen LogP contribution in [0.15, 0.2) is 24.3 Å². The summed E-state index contributed by atoms with van der Waals surface area (Å²) in [5.41, 5.74) is 3.53. The number of amides is 1. The van der Waals surface area contributed by atoms with Gasteiger partial charge in [-0.15, -0.1) is 0 Å². The van der Waals surface area contributed by atoms with Crippen LogP contribution in [0.2, 0.25) is 0 Å². The van der Waals surface area contributed by atoms with Crippen LogP contribution in [-0.4, -0.2) is 59.6 Å². The van der Waals surface area contributed by atoms with Crippen molar-refractivity contribution in [3.05, 3.63) is 35.5 Å². The number of carbonyl (C=O) groups excluding carboxylic acids is 2. The van der Waals surface area contributed by atoms with E-state index in [4.69, 9.17) is 9.90 Å². The number of ether oxygens (including phenoxy) is 1. The van der Waals surface area contributed by atoms with Crippen LogP contribution < -0.4 is 5.32 Å². The van der Waals surface area contributed by atoms with Gasteiger partial charge in [0, 0.05) is 29.1 Å². The van der Waals surface area contributed by atoms with Crippen LogP contribution >= 0.6 is 0 Å². The highest BCUT2D eigenvalue weighted by atomic mass is 16.5. The van der Waals surface area contributed by atoms with E-state index in [1.807, 2.05) is 27.8 Å². The fraction of sp³-hybridized carbons (Fsp3) is 0.577. The summed E-state index contributed by atoms with van der Waals surface area (Å²) in [4.78, 5) is 36.5. The number of benzene rings is 1. The first-order chi connectivity index (χ1) is 16.2. The molecule has 1 amide bonds. The Labute approximate surface area is 202 Å². The summed E-state index contributed by atoms with van der Waals surface area (Å²) in [5.74, 6) is 1.37. The first-order valence-electron chi connectivity index (χ1n) is 11.9. The summed E-state index contributed by atoms with van der Waals surface area (Å²) >= 11 is 0. The molecule has 1 saturated carbocycles. The average Bonchev–Trinajstić information content (AvgIpc) is 3.17. The van der Waals surface area contributed by atoms with E-state index in [-0.39, 0.29) is 18.0 Å². The average molecular weight is 474 g/mol. The lowest BCUT2D eigenvalue weighted by molar-refractivity contribution is -0.139. The van der Waals surface area contributed by atoms with Crippen molar-refractivity contribution >= 4 is 29.8 Å². The van der Waals surface area contributed by atoms with Gasteiger partial charge >= 0.3 is 0 Å². The highest BCUT2D eigenvalue weighted by molar-refractivity contribution is 5.86. The summed E-state index contributed by atoms with van der Waals surface area (Å²) in [6.45, 7) is 8.37. The Hall–Kier alpha value is -2.87. The predicted octanol–water partition coefficient (Wildman–Crippen LogP) is 3.74. The Morgan fingerprint density at radius 2 is 1.85 bits per heavy atom.